The van der Waals surface area contributed by atoms with Gasteiger partial charge < -0.3 is 16.2 Å². The van der Waals surface area contributed by atoms with Crippen LogP contribution < -0.4 is 11.1 Å². The van der Waals surface area contributed by atoms with Crippen molar-refractivity contribution in [3.8, 4) is 0 Å². The maximum Gasteiger partial charge on any atom is 0.329 e. The summed E-state index contributed by atoms with van der Waals surface area (Å²) in [6.07, 6.45) is 1.69. The first-order valence-corrected chi connectivity index (χ1v) is 5.60. The van der Waals surface area contributed by atoms with Gasteiger partial charge in [0.05, 0.1) is 6.04 Å². The zero-order valence-electron chi connectivity index (χ0n) is 9.99. The third-order valence-electron chi connectivity index (χ3n) is 3.24. The quantitative estimate of drug-likeness (QED) is 0.632. The molecule has 1 aliphatic rings. The van der Waals surface area contributed by atoms with Crippen molar-refractivity contribution in [2.75, 3.05) is 0 Å². The van der Waals surface area contributed by atoms with Crippen LogP contribution in [0.1, 0.15) is 33.6 Å². The van der Waals surface area contributed by atoms with Gasteiger partial charge in [-0.2, -0.15) is 0 Å². The summed E-state index contributed by atoms with van der Waals surface area (Å²) in [4.78, 5) is 22.9. The number of aliphatic carboxylic acids is 1. The molecule has 5 nitrogen and oxygen atoms in total. The summed E-state index contributed by atoms with van der Waals surface area (Å²) in [5.41, 5.74) is 4.52. The molecular weight excluding hydrogens is 208 g/mol. The first-order valence-electron chi connectivity index (χ1n) is 5.60. The van der Waals surface area contributed by atoms with Gasteiger partial charge in [0.25, 0.3) is 0 Å². The lowest BCUT2D eigenvalue weighted by molar-refractivity contribution is -0.148. The fraction of sp³-hybridized carbons (Fsp3) is 0.818. The number of nitrogens with one attached hydrogen (secondary N) is 1. The molecule has 16 heavy (non-hydrogen) atoms. The van der Waals surface area contributed by atoms with E-state index in [9.17, 15) is 9.59 Å². The summed E-state index contributed by atoms with van der Waals surface area (Å²) in [5.74, 6) is -1.34. The van der Waals surface area contributed by atoms with Crippen LogP contribution >= 0.6 is 0 Å². The predicted molar refractivity (Wildman–Crippen MR) is 59.7 cm³/mol. The third-order valence-corrected chi connectivity index (χ3v) is 3.24. The van der Waals surface area contributed by atoms with E-state index in [4.69, 9.17) is 10.8 Å². The Morgan fingerprint density at radius 1 is 1.44 bits per heavy atom. The zero-order chi connectivity index (χ0) is 12.5. The number of rotatable bonds is 5. The summed E-state index contributed by atoms with van der Waals surface area (Å²) in [7, 11) is 0. The van der Waals surface area contributed by atoms with Crippen molar-refractivity contribution in [1.29, 1.82) is 0 Å². The van der Waals surface area contributed by atoms with Crippen LogP contribution in [0, 0.1) is 11.8 Å². The molecule has 0 saturated heterocycles. The molecule has 1 rings (SSSR count). The number of carbonyl (C=O) groups excluding carboxylic acids is 1. The Bertz CT molecular complexity index is 300. The van der Waals surface area contributed by atoms with E-state index in [0.717, 1.165) is 12.8 Å². The average Bonchev–Trinajstić information content (AvgIpc) is 2.98. The van der Waals surface area contributed by atoms with Crippen molar-refractivity contribution in [3.63, 3.8) is 0 Å². The van der Waals surface area contributed by atoms with Crippen molar-refractivity contribution in [2.24, 2.45) is 17.6 Å². The van der Waals surface area contributed by atoms with Crippen LogP contribution in [-0.2, 0) is 9.59 Å². The van der Waals surface area contributed by atoms with Crippen LogP contribution in [0.3, 0.4) is 0 Å². The number of hydrogen-bond donors (Lipinski definition) is 3. The SMILES string of the molecule is CC(C)[C@@H](N)C(=O)NC(C)(C(=O)O)C1CC1. The molecular formula is C11H20N2O3. The minimum Gasteiger partial charge on any atom is -0.480 e. The van der Waals surface area contributed by atoms with Crippen molar-refractivity contribution in [3.05, 3.63) is 0 Å². The molecule has 92 valence electrons. The van der Waals surface area contributed by atoms with Gasteiger partial charge in [0, 0.05) is 0 Å². The molecule has 1 saturated carbocycles. The van der Waals surface area contributed by atoms with Gasteiger partial charge in [-0.05, 0) is 31.6 Å². The number of hydrogen-bond acceptors (Lipinski definition) is 3. The Hall–Kier alpha value is -1.10. The Morgan fingerprint density at radius 3 is 2.25 bits per heavy atom. The van der Waals surface area contributed by atoms with E-state index >= 15 is 0 Å². The van der Waals surface area contributed by atoms with Crippen LogP contribution in [-0.4, -0.2) is 28.6 Å². The molecule has 1 aliphatic carbocycles. The molecule has 0 bridgehead atoms. The second kappa shape index (κ2) is 4.41. The lowest BCUT2D eigenvalue weighted by Gasteiger charge is -2.28. The highest BCUT2D eigenvalue weighted by Gasteiger charge is 2.49. The van der Waals surface area contributed by atoms with Crippen LogP contribution in [0.25, 0.3) is 0 Å². The largest absolute Gasteiger partial charge is 0.480 e. The molecule has 0 radical (unpaired) electrons. The van der Waals surface area contributed by atoms with Crippen LogP contribution in [0.4, 0.5) is 0 Å². The summed E-state index contributed by atoms with van der Waals surface area (Å²) in [6, 6.07) is -0.655. The fourth-order valence-corrected chi connectivity index (χ4v) is 1.63. The molecule has 0 heterocycles. The van der Waals surface area contributed by atoms with E-state index < -0.39 is 17.6 Å². The van der Waals surface area contributed by atoms with E-state index in [1.165, 1.54) is 0 Å². The Morgan fingerprint density at radius 2 is 1.94 bits per heavy atom. The monoisotopic (exact) mass is 228 g/mol. The fourth-order valence-electron chi connectivity index (χ4n) is 1.63. The highest BCUT2D eigenvalue weighted by molar-refractivity contribution is 5.89. The molecule has 1 unspecified atom stereocenters. The van der Waals surface area contributed by atoms with Gasteiger partial charge in [-0.15, -0.1) is 0 Å². The molecule has 2 atom stereocenters. The highest BCUT2D eigenvalue weighted by atomic mass is 16.4. The van der Waals surface area contributed by atoms with Gasteiger partial charge in [-0.25, -0.2) is 4.79 Å². The topological polar surface area (TPSA) is 92.4 Å². The maximum absolute atomic E-state index is 11.7. The number of carbonyl (C=O) groups is 2. The molecule has 0 aromatic rings. The second-order valence-electron chi connectivity index (χ2n) is 5.04. The van der Waals surface area contributed by atoms with E-state index in [0.29, 0.717) is 0 Å². The molecule has 0 spiro atoms. The standard InChI is InChI=1S/C11H20N2O3/c1-6(2)8(12)9(14)13-11(3,10(15)16)7-4-5-7/h6-8H,4-5,12H2,1-3H3,(H,13,14)(H,15,16)/t8-,11?/m1/s1. The van der Waals surface area contributed by atoms with Gasteiger partial charge in [0.15, 0.2) is 0 Å². The second-order valence-corrected chi connectivity index (χ2v) is 5.04. The average molecular weight is 228 g/mol. The number of nitrogens with two attached hydrogens (primary N) is 1. The van der Waals surface area contributed by atoms with Gasteiger partial charge in [-0.1, -0.05) is 13.8 Å². The minimum absolute atomic E-state index is 0.00255. The van der Waals surface area contributed by atoms with Crippen molar-refractivity contribution in [2.45, 2.75) is 45.2 Å². The highest BCUT2D eigenvalue weighted by Crippen LogP contribution is 2.39. The Balaban J connectivity index is 2.69. The smallest absolute Gasteiger partial charge is 0.329 e. The Kier molecular flexibility index (Phi) is 3.57. The van der Waals surface area contributed by atoms with Crippen molar-refractivity contribution < 1.29 is 14.7 Å². The lowest BCUT2D eigenvalue weighted by Crippen LogP contribution is -2.58. The molecule has 5 heteroatoms. The number of carboxylic acid groups (broad SMARTS) is 1. The van der Waals surface area contributed by atoms with Gasteiger partial charge >= 0.3 is 5.97 Å². The van der Waals surface area contributed by atoms with Crippen molar-refractivity contribution in [1.82, 2.24) is 5.32 Å². The normalized spacial score (nSPS) is 21.3. The summed E-state index contributed by atoms with van der Waals surface area (Å²) < 4.78 is 0. The summed E-state index contributed by atoms with van der Waals surface area (Å²) in [5, 5.41) is 11.7. The zero-order valence-corrected chi connectivity index (χ0v) is 9.99. The van der Waals surface area contributed by atoms with Crippen LogP contribution in [0.5, 0.6) is 0 Å². The lowest BCUT2D eigenvalue weighted by atomic mass is 9.94. The summed E-state index contributed by atoms with van der Waals surface area (Å²) >= 11 is 0. The number of carboxylic acids is 1. The minimum atomic E-state index is -1.16. The van der Waals surface area contributed by atoms with E-state index in [1.54, 1.807) is 6.92 Å². The first-order chi connectivity index (χ1) is 7.29. The van der Waals surface area contributed by atoms with Crippen LogP contribution in [0.2, 0.25) is 0 Å². The molecule has 1 fully saturated rings. The van der Waals surface area contributed by atoms with Crippen LogP contribution in [0.15, 0.2) is 0 Å². The Labute approximate surface area is 95.4 Å². The third kappa shape index (κ3) is 2.52. The van der Waals surface area contributed by atoms with Gasteiger partial charge in [0.2, 0.25) is 5.91 Å². The molecule has 0 aromatic heterocycles. The van der Waals surface area contributed by atoms with Gasteiger partial charge in [-0.3, -0.25) is 4.79 Å². The van der Waals surface area contributed by atoms with E-state index in [1.807, 2.05) is 13.8 Å². The van der Waals surface area contributed by atoms with Crippen molar-refractivity contribution >= 4 is 11.9 Å². The van der Waals surface area contributed by atoms with E-state index in [-0.39, 0.29) is 17.7 Å². The first kappa shape index (κ1) is 13.0. The molecule has 0 aliphatic heterocycles. The predicted octanol–water partition coefficient (Wildman–Crippen LogP) is 0.339. The maximum atomic E-state index is 11.7. The molecule has 4 N–H and O–H groups in total. The molecule has 0 aromatic carbocycles. The van der Waals surface area contributed by atoms with E-state index in [2.05, 4.69) is 5.32 Å². The number of amides is 1. The molecule has 1 amide bonds. The van der Waals surface area contributed by atoms with Gasteiger partial charge in [0.1, 0.15) is 5.54 Å². The summed E-state index contributed by atoms with van der Waals surface area (Å²) in [6.45, 7) is 5.22.